The third-order valence-electron chi connectivity index (χ3n) is 6.54. The van der Waals surface area contributed by atoms with Crippen LogP contribution in [0.2, 0.25) is 0 Å². The number of benzene rings is 1. The van der Waals surface area contributed by atoms with Crippen molar-refractivity contribution in [3.8, 4) is 11.9 Å². The van der Waals surface area contributed by atoms with Gasteiger partial charge in [-0.1, -0.05) is 6.07 Å². The maximum atomic E-state index is 10.4. The molecular weight excluding hydrogens is 452 g/mol. The van der Waals surface area contributed by atoms with E-state index in [0.717, 1.165) is 37.3 Å². The number of likely N-dealkylation sites (N-methyl/N-ethyl adjacent to an activating group) is 1. The summed E-state index contributed by atoms with van der Waals surface area (Å²) in [6.45, 7) is 9.64. The topological polar surface area (TPSA) is 106 Å². The molecule has 0 bridgehead atoms. The van der Waals surface area contributed by atoms with Gasteiger partial charge in [-0.05, 0) is 69.8 Å². The summed E-state index contributed by atoms with van der Waals surface area (Å²) in [6, 6.07) is 15.6. The summed E-state index contributed by atoms with van der Waals surface area (Å²) in [5.41, 5.74) is 3.68. The van der Waals surface area contributed by atoms with Gasteiger partial charge in [-0.3, -0.25) is 4.57 Å². The fourth-order valence-electron chi connectivity index (χ4n) is 4.52. The first-order valence-corrected chi connectivity index (χ1v) is 12.0. The second-order valence-corrected chi connectivity index (χ2v) is 9.81. The van der Waals surface area contributed by atoms with Gasteiger partial charge in [-0.2, -0.15) is 10.2 Å². The predicted molar refractivity (Wildman–Crippen MR) is 141 cm³/mol. The Balaban J connectivity index is 1.47. The number of nitrogens with zero attached hydrogens (tertiary/aromatic N) is 7. The van der Waals surface area contributed by atoms with Crippen LogP contribution in [0.4, 0.5) is 17.3 Å². The van der Waals surface area contributed by atoms with Crippen molar-refractivity contribution >= 4 is 28.4 Å². The van der Waals surface area contributed by atoms with Gasteiger partial charge >= 0.3 is 0 Å². The number of hydrogen-bond donors (Lipinski definition) is 2. The maximum absolute atomic E-state index is 10.4. The summed E-state index contributed by atoms with van der Waals surface area (Å²) in [5, 5.41) is 24.2. The molecule has 9 nitrogen and oxygen atoms in total. The molecule has 4 heterocycles. The molecule has 5 rings (SSSR count). The van der Waals surface area contributed by atoms with E-state index >= 15 is 0 Å². The summed E-state index contributed by atoms with van der Waals surface area (Å²) in [5.74, 6) is 0.940. The molecule has 0 saturated carbocycles. The highest BCUT2D eigenvalue weighted by Crippen LogP contribution is 2.28. The lowest BCUT2D eigenvalue weighted by molar-refractivity contribution is 0.0738. The van der Waals surface area contributed by atoms with E-state index < -0.39 is 5.60 Å². The van der Waals surface area contributed by atoms with E-state index in [4.69, 9.17) is 4.98 Å². The smallest absolute Gasteiger partial charge is 0.229 e. The van der Waals surface area contributed by atoms with Crippen molar-refractivity contribution in [1.82, 2.24) is 24.4 Å². The second kappa shape index (κ2) is 9.22. The van der Waals surface area contributed by atoms with Gasteiger partial charge < -0.3 is 20.2 Å². The first-order chi connectivity index (χ1) is 17.2. The molecule has 1 aromatic carbocycles. The minimum atomic E-state index is -1.11. The fraction of sp³-hybridized carbons (Fsp3) is 0.333. The number of aryl methyl sites for hydroxylation is 1. The van der Waals surface area contributed by atoms with Gasteiger partial charge in [0, 0.05) is 49.1 Å². The highest BCUT2D eigenvalue weighted by molar-refractivity contribution is 5.81. The lowest BCUT2D eigenvalue weighted by atomic mass is 10.1. The predicted octanol–water partition coefficient (Wildman–Crippen LogP) is 3.72. The van der Waals surface area contributed by atoms with Gasteiger partial charge in [0.2, 0.25) is 5.95 Å². The highest BCUT2D eigenvalue weighted by atomic mass is 16.3. The van der Waals surface area contributed by atoms with E-state index in [1.54, 1.807) is 42.8 Å². The largest absolute Gasteiger partial charge is 0.384 e. The summed E-state index contributed by atoms with van der Waals surface area (Å²) in [4.78, 5) is 18.6. The highest BCUT2D eigenvalue weighted by Gasteiger charge is 2.21. The van der Waals surface area contributed by atoms with E-state index in [1.165, 1.54) is 11.3 Å². The van der Waals surface area contributed by atoms with Crippen LogP contribution in [0, 0.1) is 18.3 Å². The molecule has 4 aromatic rings. The van der Waals surface area contributed by atoms with Crippen LogP contribution in [0.5, 0.6) is 0 Å². The average molecular weight is 483 g/mol. The van der Waals surface area contributed by atoms with E-state index in [2.05, 4.69) is 57.3 Å². The Labute approximate surface area is 210 Å². The molecule has 36 heavy (non-hydrogen) atoms. The number of nitrogens with one attached hydrogen (secondary N) is 1. The first-order valence-electron chi connectivity index (χ1n) is 12.0. The quantitative estimate of drug-likeness (QED) is 0.443. The van der Waals surface area contributed by atoms with Gasteiger partial charge in [0.15, 0.2) is 5.65 Å². The Hall–Kier alpha value is -4.00. The molecule has 9 heteroatoms. The first kappa shape index (κ1) is 23.7. The lowest BCUT2D eigenvalue weighted by Crippen LogP contribution is -2.44. The molecule has 1 aliphatic heterocycles. The monoisotopic (exact) mass is 482 g/mol. The summed E-state index contributed by atoms with van der Waals surface area (Å²) in [7, 11) is 2.16. The van der Waals surface area contributed by atoms with Crippen LogP contribution in [0.25, 0.3) is 16.9 Å². The van der Waals surface area contributed by atoms with Crippen molar-refractivity contribution in [1.29, 1.82) is 5.26 Å². The summed E-state index contributed by atoms with van der Waals surface area (Å²) >= 11 is 0. The molecular formula is C27H30N8O. The zero-order chi connectivity index (χ0) is 25.4. The minimum absolute atomic E-state index is 0.393. The number of piperazine rings is 1. The Morgan fingerprint density at radius 2 is 1.83 bits per heavy atom. The average Bonchev–Trinajstić information content (AvgIpc) is 3.22. The molecule has 1 saturated heterocycles. The van der Waals surface area contributed by atoms with Gasteiger partial charge in [0.05, 0.1) is 5.69 Å². The van der Waals surface area contributed by atoms with Crippen LogP contribution in [0.3, 0.4) is 0 Å². The Kier molecular flexibility index (Phi) is 6.08. The maximum Gasteiger partial charge on any atom is 0.229 e. The standard InChI is InChI=1S/C27H30N8O/c1-18-14-20(8-9-22(18)34-12-10-33(4)11-13-34)30-26-29-17-19-15-21(16-28)35(25(19)32-26)24-7-5-6-23(31-24)27(2,3)36/h5-9,14-15,17,36H,10-13H2,1-4H3,(H,29,30,32). The van der Waals surface area contributed by atoms with Gasteiger partial charge in [-0.25, -0.2) is 9.97 Å². The fourth-order valence-corrected chi connectivity index (χ4v) is 4.52. The van der Waals surface area contributed by atoms with E-state index in [-0.39, 0.29) is 0 Å². The zero-order valence-corrected chi connectivity index (χ0v) is 21.0. The van der Waals surface area contributed by atoms with Crippen LogP contribution >= 0.6 is 0 Å². The van der Waals surface area contributed by atoms with Gasteiger partial charge in [-0.15, -0.1) is 0 Å². The third kappa shape index (κ3) is 4.61. The van der Waals surface area contributed by atoms with E-state index in [0.29, 0.717) is 28.8 Å². The molecule has 0 amide bonds. The number of rotatable bonds is 5. The molecule has 1 fully saturated rings. The van der Waals surface area contributed by atoms with Crippen LogP contribution in [0.15, 0.2) is 48.7 Å². The third-order valence-corrected chi connectivity index (χ3v) is 6.54. The number of aliphatic hydroxyl groups is 1. The SMILES string of the molecule is Cc1cc(Nc2ncc3cc(C#N)n(-c4cccc(C(C)(C)O)n4)c3n2)ccc1N1CCN(C)CC1. The number of aromatic nitrogens is 4. The van der Waals surface area contributed by atoms with Crippen LogP contribution in [0.1, 0.15) is 30.8 Å². The molecule has 0 aliphatic carbocycles. The summed E-state index contributed by atoms with van der Waals surface area (Å²) in [6.07, 6.45) is 1.70. The zero-order valence-electron chi connectivity index (χ0n) is 21.0. The van der Waals surface area contributed by atoms with E-state index in [9.17, 15) is 10.4 Å². The Morgan fingerprint density at radius 3 is 2.53 bits per heavy atom. The van der Waals surface area contributed by atoms with Crippen LogP contribution in [-0.4, -0.2) is 62.8 Å². The Morgan fingerprint density at radius 1 is 1.06 bits per heavy atom. The van der Waals surface area contributed by atoms with Crippen molar-refractivity contribution in [2.24, 2.45) is 0 Å². The molecule has 184 valence electrons. The molecule has 0 atom stereocenters. The molecule has 1 aliphatic rings. The number of hydrogen-bond acceptors (Lipinski definition) is 8. The number of pyridine rings is 1. The van der Waals surface area contributed by atoms with Crippen LogP contribution < -0.4 is 10.2 Å². The van der Waals surface area contributed by atoms with E-state index in [1.807, 2.05) is 12.1 Å². The molecule has 3 aromatic heterocycles. The number of anilines is 3. The lowest BCUT2D eigenvalue weighted by Gasteiger charge is -2.35. The van der Waals surface area contributed by atoms with Gasteiger partial charge in [0.25, 0.3) is 0 Å². The number of nitriles is 1. The second-order valence-electron chi connectivity index (χ2n) is 9.81. The number of fused-ring (bicyclic) bond motifs is 1. The van der Waals surface area contributed by atoms with Crippen molar-refractivity contribution in [2.75, 3.05) is 43.4 Å². The summed E-state index contributed by atoms with van der Waals surface area (Å²) < 4.78 is 1.69. The van der Waals surface area contributed by atoms with Crippen molar-refractivity contribution < 1.29 is 5.11 Å². The molecule has 0 radical (unpaired) electrons. The molecule has 0 unspecified atom stereocenters. The van der Waals surface area contributed by atoms with Crippen molar-refractivity contribution in [2.45, 2.75) is 26.4 Å². The minimum Gasteiger partial charge on any atom is -0.384 e. The van der Waals surface area contributed by atoms with Crippen molar-refractivity contribution in [3.05, 3.63) is 65.6 Å². The van der Waals surface area contributed by atoms with Crippen molar-refractivity contribution in [3.63, 3.8) is 0 Å². The van der Waals surface area contributed by atoms with Crippen LogP contribution in [-0.2, 0) is 5.60 Å². The molecule has 0 spiro atoms. The molecule has 2 N–H and O–H groups in total. The Bertz CT molecular complexity index is 1460. The van der Waals surface area contributed by atoms with Gasteiger partial charge in [0.1, 0.15) is 23.2 Å². The normalized spacial score (nSPS) is 14.7.